The molecule has 0 aliphatic carbocycles. The Hall–Kier alpha value is -3.01. The maximum Gasteiger partial charge on any atom is 0.573 e. The molecule has 1 fully saturated rings. The summed E-state index contributed by atoms with van der Waals surface area (Å²) in [5, 5.41) is 8.99. The number of morpholine rings is 1. The molecule has 0 bridgehead atoms. The van der Waals surface area contributed by atoms with Crippen molar-refractivity contribution in [3.63, 3.8) is 0 Å². The summed E-state index contributed by atoms with van der Waals surface area (Å²) < 4.78 is 52.4. The summed E-state index contributed by atoms with van der Waals surface area (Å²) in [7, 11) is 0. The standard InChI is InChI=1S/C18H16F3NO6/c19-18(20,21)28-14-4-2-1-3-12(14)13-5-6-15(27-13)17(25)22-7-8-26-10-11(22)9-16(23)24/h1-6,11H,7-10H2,(H,23,24). The van der Waals surface area contributed by atoms with Crippen LogP contribution in [0.2, 0.25) is 0 Å². The number of amides is 1. The largest absolute Gasteiger partial charge is 0.573 e. The summed E-state index contributed by atoms with van der Waals surface area (Å²) in [6, 6.07) is 7.42. The molecule has 0 saturated carbocycles. The van der Waals surface area contributed by atoms with Crippen molar-refractivity contribution in [2.45, 2.75) is 18.8 Å². The predicted octanol–water partition coefficient (Wildman–Crippen LogP) is 3.16. The molecule has 1 aromatic heterocycles. The van der Waals surface area contributed by atoms with Crippen LogP contribution in [0.15, 0.2) is 40.8 Å². The molecule has 1 saturated heterocycles. The Morgan fingerprint density at radius 1 is 1.21 bits per heavy atom. The SMILES string of the molecule is O=C(O)CC1COCCN1C(=O)c1ccc(-c2ccccc2OC(F)(F)F)o1. The fraction of sp³-hybridized carbons (Fsp3) is 0.333. The maximum atomic E-state index is 12.7. The van der Waals surface area contributed by atoms with E-state index in [4.69, 9.17) is 14.3 Å². The van der Waals surface area contributed by atoms with Crippen LogP contribution in [0.25, 0.3) is 11.3 Å². The number of carbonyl (C=O) groups is 2. The molecule has 1 aromatic carbocycles. The minimum Gasteiger partial charge on any atom is -0.481 e. The van der Waals surface area contributed by atoms with Crippen molar-refractivity contribution in [3.05, 3.63) is 42.2 Å². The Morgan fingerprint density at radius 3 is 2.68 bits per heavy atom. The van der Waals surface area contributed by atoms with Crippen molar-refractivity contribution < 1.29 is 41.8 Å². The van der Waals surface area contributed by atoms with Gasteiger partial charge in [-0.2, -0.15) is 0 Å². The van der Waals surface area contributed by atoms with Crippen molar-refractivity contribution in [1.82, 2.24) is 4.90 Å². The zero-order valence-electron chi connectivity index (χ0n) is 14.4. The minimum atomic E-state index is -4.88. The first-order chi connectivity index (χ1) is 13.2. The fourth-order valence-corrected chi connectivity index (χ4v) is 2.92. The van der Waals surface area contributed by atoms with Crippen LogP contribution in [0.4, 0.5) is 13.2 Å². The number of nitrogens with zero attached hydrogens (tertiary/aromatic N) is 1. The van der Waals surface area contributed by atoms with Gasteiger partial charge in [0.05, 0.1) is 31.2 Å². The lowest BCUT2D eigenvalue weighted by molar-refractivity contribution is -0.274. The predicted molar refractivity (Wildman–Crippen MR) is 88.7 cm³/mol. The molecule has 2 heterocycles. The van der Waals surface area contributed by atoms with E-state index < -0.39 is 30.0 Å². The number of aliphatic carboxylic acids is 1. The van der Waals surface area contributed by atoms with E-state index in [0.717, 1.165) is 6.07 Å². The van der Waals surface area contributed by atoms with Gasteiger partial charge in [0.15, 0.2) is 5.76 Å². The Balaban J connectivity index is 1.84. The van der Waals surface area contributed by atoms with Gasteiger partial charge < -0.3 is 23.9 Å². The van der Waals surface area contributed by atoms with Gasteiger partial charge in [0.1, 0.15) is 11.5 Å². The molecule has 3 rings (SSSR count). The average molecular weight is 399 g/mol. The monoisotopic (exact) mass is 399 g/mol. The van der Waals surface area contributed by atoms with Crippen LogP contribution in [0.5, 0.6) is 5.75 Å². The molecule has 10 heteroatoms. The second-order valence-electron chi connectivity index (χ2n) is 6.03. The first-order valence-corrected chi connectivity index (χ1v) is 8.30. The van der Waals surface area contributed by atoms with Crippen molar-refractivity contribution in [2.75, 3.05) is 19.8 Å². The van der Waals surface area contributed by atoms with E-state index in [1.54, 1.807) is 0 Å². The number of carbonyl (C=O) groups excluding carboxylic acids is 1. The molecule has 1 aliphatic heterocycles. The van der Waals surface area contributed by atoms with Crippen molar-refractivity contribution in [3.8, 4) is 17.1 Å². The summed E-state index contributed by atoms with van der Waals surface area (Å²) in [6.45, 7) is 0.506. The number of para-hydroxylation sites is 1. The van der Waals surface area contributed by atoms with E-state index in [2.05, 4.69) is 4.74 Å². The summed E-state index contributed by atoms with van der Waals surface area (Å²) in [5.41, 5.74) is 0.0305. The molecule has 28 heavy (non-hydrogen) atoms. The molecule has 1 amide bonds. The van der Waals surface area contributed by atoms with E-state index in [-0.39, 0.29) is 43.3 Å². The first kappa shape index (κ1) is 19.7. The fourth-order valence-electron chi connectivity index (χ4n) is 2.92. The van der Waals surface area contributed by atoms with Gasteiger partial charge in [-0.3, -0.25) is 9.59 Å². The van der Waals surface area contributed by atoms with Crippen molar-refractivity contribution in [2.24, 2.45) is 0 Å². The Bertz CT molecular complexity index is 863. The minimum absolute atomic E-state index is 0.0197. The number of ether oxygens (including phenoxy) is 2. The highest BCUT2D eigenvalue weighted by Gasteiger charge is 2.33. The van der Waals surface area contributed by atoms with Gasteiger partial charge >= 0.3 is 12.3 Å². The van der Waals surface area contributed by atoms with E-state index in [0.29, 0.717) is 0 Å². The zero-order valence-corrected chi connectivity index (χ0v) is 14.4. The highest BCUT2D eigenvalue weighted by Crippen LogP contribution is 2.35. The number of rotatable bonds is 5. The Kier molecular flexibility index (Phi) is 5.59. The third-order valence-electron chi connectivity index (χ3n) is 4.09. The number of carboxylic acids is 1. The van der Waals surface area contributed by atoms with E-state index in [1.165, 1.54) is 35.2 Å². The van der Waals surface area contributed by atoms with Crippen molar-refractivity contribution in [1.29, 1.82) is 0 Å². The van der Waals surface area contributed by atoms with Crippen LogP contribution < -0.4 is 4.74 Å². The molecule has 1 aliphatic rings. The first-order valence-electron chi connectivity index (χ1n) is 8.30. The summed E-state index contributed by atoms with van der Waals surface area (Å²) in [6.07, 6.45) is -5.17. The smallest absolute Gasteiger partial charge is 0.481 e. The van der Waals surface area contributed by atoms with Gasteiger partial charge in [0, 0.05) is 6.54 Å². The molecule has 2 aromatic rings. The summed E-state index contributed by atoms with van der Waals surface area (Å²) >= 11 is 0. The number of carboxylic acid groups (broad SMARTS) is 1. The molecular formula is C18H16F3NO6. The molecule has 0 radical (unpaired) electrons. The van der Waals surface area contributed by atoms with Crippen LogP contribution in [-0.4, -0.2) is 54.0 Å². The Morgan fingerprint density at radius 2 is 1.96 bits per heavy atom. The van der Waals surface area contributed by atoms with Crippen molar-refractivity contribution >= 4 is 11.9 Å². The molecule has 0 spiro atoms. The lowest BCUT2D eigenvalue weighted by Gasteiger charge is -2.34. The molecule has 1 N–H and O–H groups in total. The number of hydrogen-bond donors (Lipinski definition) is 1. The van der Waals surface area contributed by atoms with E-state index in [1.807, 2.05) is 0 Å². The Labute approximate surface area is 157 Å². The lowest BCUT2D eigenvalue weighted by Crippen LogP contribution is -2.49. The molecule has 7 nitrogen and oxygen atoms in total. The second-order valence-corrected chi connectivity index (χ2v) is 6.03. The lowest BCUT2D eigenvalue weighted by atomic mass is 10.1. The topological polar surface area (TPSA) is 89.2 Å². The van der Waals surface area contributed by atoms with Crippen LogP contribution >= 0.6 is 0 Å². The zero-order chi connectivity index (χ0) is 20.3. The summed E-state index contributed by atoms with van der Waals surface area (Å²) in [5.74, 6) is -2.19. The van der Waals surface area contributed by atoms with Gasteiger partial charge in [-0.1, -0.05) is 12.1 Å². The maximum absolute atomic E-state index is 12.7. The van der Waals surface area contributed by atoms with Crippen LogP contribution in [-0.2, 0) is 9.53 Å². The molecule has 1 unspecified atom stereocenters. The second kappa shape index (κ2) is 7.93. The molecular weight excluding hydrogens is 383 g/mol. The number of alkyl halides is 3. The average Bonchev–Trinajstić information content (AvgIpc) is 3.10. The highest BCUT2D eigenvalue weighted by atomic mass is 19.4. The van der Waals surface area contributed by atoms with Gasteiger partial charge in [0.2, 0.25) is 0 Å². The van der Waals surface area contributed by atoms with Gasteiger partial charge in [-0.15, -0.1) is 13.2 Å². The normalized spacial score (nSPS) is 17.4. The van der Waals surface area contributed by atoms with Crippen LogP contribution in [0.1, 0.15) is 17.0 Å². The quantitative estimate of drug-likeness (QED) is 0.831. The van der Waals surface area contributed by atoms with E-state index >= 15 is 0 Å². The number of furan rings is 1. The number of halogens is 3. The molecule has 150 valence electrons. The van der Waals surface area contributed by atoms with Crippen LogP contribution in [0.3, 0.4) is 0 Å². The summed E-state index contributed by atoms with van der Waals surface area (Å²) in [4.78, 5) is 25.0. The third kappa shape index (κ3) is 4.63. The number of hydrogen-bond acceptors (Lipinski definition) is 5. The third-order valence-corrected chi connectivity index (χ3v) is 4.09. The van der Waals surface area contributed by atoms with Gasteiger partial charge in [-0.25, -0.2) is 0 Å². The van der Waals surface area contributed by atoms with Crippen LogP contribution in [0, 0.1) is 0 Å². The molecule has 1 atom stereocenters. The van der Waals surface area contributed by atoms with Gasteiger partial charge in [0.25, 0.3) is 5.91 Å². The van der Waals surface area contributed by atoms with E-state index in [9.17, 15) is 22.8 Å². The highest BCUT2D eigenvalue weighted by molar-refractivity contribution is 5.92. The number of benzene rings is 1. The van der Waals surface area contributed by atoms with Gasteiger partial charge in [-0.05, 0) is 24.3 Å².